The van der Waals surface area contributed by atoms with Crippen LogP contribution in [-0.4, -0.2) is 18.9 Å². The zero-order valence-electron chi connectivity index (χ0n) is 10.4. The van der Waals surface area contributed by atoms with Gasteiger partial charge >= 0.3 is 5.97 Å². The largest absolute Gasteiger partial charge is 0.432 e. The molecule has 1 atom stereocenters. The summed E-state index contributed by atoms with van der Waals surface area (Å²) in [4.78, 5) is 12.0. The average Bonchev–Trinajstić information content (AvgIpc) is 2.33. The molecule has 1 aromatic rings. The highest BCUT2D eigenvalue weighted by atomic mass is 16.7. The van der Waals surface area contributed by atoms with Gasteiger partial charge in [0.1, 0.15) is 0 Å². The third-order valence-electron chi connectivity index (χ3n) is 2.99. The van der Waals surface area contributed by atoms with Gasteiger partial charge in [0.05, 0.1) is 12.2 Å². The van der Waals surface area contributed by atoms with Crippen LogP contribution >= 0.6 is 0 Å². The molecule has 1 aliphatic rings. The van der Waals surface area contributed by atoms with Crippen LogP contribution in [0.3, 0.4) is 0 Å². The van der Waals surface area contributed by atoms with Crippen molar-refractivity contribution in [1.82, 2.24) is 0 Å². The summed E-state index contributed by atoms with van der Waals surface area (Å²) in [6, 6.07) is 5.79. The second-order valence-corrected chi connectivity index (χ2v) is 4.52. The van der Waals surface area contributed by atoms with Gasteiger partial charge in [-0.2, -0.15) is 0 Å². The maximum absolute atomic E-state index is 12.0. The molecule has 0 saturated carbocycles. The summed E-state index contributed by atoms with van der Waals surface area (Å²) in [6.07, 6.45) is 2.55. The Morgan fingerprint density at radius 1 is 1.35 bits per heavy atom. The van der Waals surface area contributed by atoms with Crippen molar-refractivity contribution in [1.29, 1.82) is 0 Å². The summed E-state index contributed by atoms with van der Waals surface area (Å²) in [7, 11) is 0. The fourth-order valence-electron chi connectivity index (χ4n) is 1.94. The van der Waals surface area contributed by atoms with Gasteiger partial charge in [0.25, 0.3) is 0 Å². The van der Waals surface area contributed by atoms with E-state index in [1.165, 1.54) is 0 Å². The van der Waals surface area contributed by atoms with E-state index in [-0.39, 0.29) is 12.3 Å². The predicted octanol–water partition coefficient (Wildman–Crippen LogP) is 2.99. The lowest BCUT2D eigenvalue weighted by molar-refractivity contribution is -0.131. The molecule has 1 saturated heterocycles. The number of benzene rings is 1. The second kappa shape index (κ2) is 5.32. The van der Waals surface area contributed by atoms with E-state index in [0.29, 0.717) is 12.2 Å². The molecule has 17 heavy (non-hydrogen) atoms. The van der Waals surface area contributed by atoms with Crippen molar-refractivity contribution in [3.05, 3.63) is 34.9 Å². The summed E-state index contributed by atoms with van der Waals surface area (Å²) in [5.74, 6) is -0.280. The molecule has 1 heterocycles. The van der Waals surface area contributed by atoms with Crippen molar-refractivity contribution >= 4 is 5.97 Å². The van der Waals surface area contributed by atoms with Crippen molar-refractivity contribution < 1.29 is 14.3 Å². The van der Waals surface area contributed by atoms with E-state index in [0.717, 1.165) is 30.4 Å². The number of esters is 1. The Kier molecular flexibility index (Phi) is 3.79. The Balaban J connectivity index is 2.05. The van der Waals surface area contributed by atoms with Gasteiger partial charge in [0.2, 0.25) is 6.29 Å². The maximum atomic E-state index is 12.0. The van der Waals surface area contributed by atoms with Gasteiger partial charge < -0.3 is 9.47 Å². The van der Waals surface area contributed by atoms with Gasteiger partial charge in [0.15, 0.2) is 0 Å². The normalized spacial score (nSPS) is 20.0. The number of carbonyl (C=O) groups excluding carboxylic acids is 1. The topological polar surface area (TPSA) is 35.5 Å². The Hall–Kier alpha value is -1.35. The Morgan fingerprint density at radius 2 is 2.18 bits per heavy atom. The van der Waals surface area contributed by atoms with Crippen LogP contribution in [0.4, 0.5) is 0 Å². The van der Waals surface area contributed by atoms with E-state index in [9.17, 15) is 4.79 Å². The summed E-state index contributed by atoms with van der Waals surface area (Å²) in [5.41, 5.74) is 2.64. The molecule has 0 aliphatic carbocycles. The van der Waals surface area contributed by atoms with Crippen LogP contribution < -0.4 is 0 Å². The summed E-state index contributed by atoms with van der Waals surface area (Å²) in [6.45, 7) is 4.57. The number of aryl methyl sites for hydroxylation is 2. The van der Waals surface area contributed by atoms with Crippen LogP contribution in [0.2, 0.25) is 0 Å². The van der Waals surface area contributed by atoms with Crippen molar-refractivity contribution in [2.75, 3.05) is 6.61 Å². The molecule has 1 aromatic carbocycles. The number of rotatable bonds is 2. The highest BCUT2D eigenvalue weighted by Crippen LogP contribution is 2.18. The minimum Gasteiger partial charge on any atom is -0.432 e. The third-order valence-corrected chi connectivity index (χ3v) is 2.99. The highest BCUT2D eigenvalue weighted by Gasteiger charge is 2.20. The van der Waals surface area contributed by atoms with E-state index in [1.54, 1.807) is 0 Å². The first-order valence-corrected chi connectivity index (χ1v) is 6.06. The van der Waals surface area contributed by atoms with E-state index < -0.39 is 0 Å². The lowest BCUT2D eigenvalue weighted by atomic mass is 10.1. The van der Waals surface area contributed by atoms with Gasteiger partial charge in [0, 0.05) is 6.42 Å². The fourth-order valence-corrected chi connectivity index (χ4v) is 1.94. The van der Waals surface area contributed by atoms with Crippen LogP contribution in [0.5, 0.6) is 0 Å². The van der Waals surface area contributed by atoms with Crippen molar-refractivity contribution in [2.24, 2.45) is 0 Å². The lowest BCUT2D eigenvalue weighted by Gasteiger charge is -2.22. The smallest absolute Gasteiger partial charge is 0.340 e. The predicted molar refractivity (Wildman–Crippen MR) is 64.9 cm³/mol. The minimum atomic E-state index is -0.365. The van der Waals surface area contributed by atoms with E-state index in [4.69, 9.17) is 9.47 Å². The fraction of sp³-hybridized carbons (Fsp3) is 0.500. The van der Waals surface area contributed by atoms with Gasteiger partial charge in [-0.1, -0.05) is 17.7 Å². The molecule has 0 N–H and O–H groups in total. The monoisotopic (exact) mass is 234 g/mol. The summed E-state index contributed by atoms with van der Waals surface area (Å²) < 4.78 is 10.7. The quantitative estimate of drug-likeness (QED) is 0.738. The molecule has 0 radical (unpaired) electrons. The highest BCUT2D eigenvalue weighted by molar-refractivity contribution is 5.91. The van der Waals surface area contributed by atoms with Crippen molar-refractivity contribution in [2.45, 2.75) is 39.4 Å². The van der Waals surface area contributed by atoms with Crippen LogP contribution in [-0.2, 0) is 9.47 Å². The first kappa shape index (κ1) is 12.1. The van der Waals surface area contributed by atoms with Gasteiger partial charge in [-0.15, -0.1) is 0 Å². The SMILES string of the molecule is Cc1ccc(C)c(C(=O)OC2CCCCO2)c1. The zero-order chi connectivity index (χ0) is 12.3. The number of hydrogen-bond acceptors (Lipinski definition) is 3. The maximum Gasteiger partial charge on any atom is 0.340 e. The third kappa shape index (κ3) is 3.07. The molecule has 0 amide bonds. The molecule has 2 rings (SSSR count). The molecule has 92 valence electrons. The lowest BCUT2D eigenvalue weighted by Crippen LogP contribution is -2.25. The van der Waals surface area contributed by atoms with E-state index in [1.807, 2.05) is 32.0 Å². The number of ether oxygens (including phenoxy) is 2. The van der Waals surface area contributed by atoms with Crippen LogP contribution in [0.1, 0.15) is 40.7 Å². The summed E-state index contributed by atoms with van der Waals surface area (Å²) in [5, 5.41) is 0. The molecule has 0 spiro atoms. The molecular weight excluding hydrogens is 216 g/mol. The Morgan fingerprint density at radius 3 is 2.88 bits per heavy atom. The van der Waals surface area contributed by atoms with Gasteiger partial charge in [-0.05, 0) is 38.3 Å². The first-order valence-electron chi connectivity index (χ1n) is 6.06. The first-order chi connectivity index (χ1) is 8.16. The second-order valence-electron chi connectivity index (χ2n) is 4.52. The van der Waals surface area contributed by atoms with Crippen molar-refractivity contribution in [3.8, 4) is 0 Å². The molecule has 1 aliphatic heterocycles. The number of hydrogen-bond donors (Lipinski definition) is 0. The minimum absolute atomic E-state index is 0.280. The molecular formula is C14H18O3. The van der Waals surface area contributed by atoms with Gasteiger partial charge in [-0.3, -0.25) is 0 Å². The van der Waals surface area contributed by atoms with Crippen LogP contribution in [0.25, 0.3) is 0 Å². The van der Waals surface area contributed by atoms with Crippen LogP contribution in [0, 0.1) is 13.8 Å². The summed E-state index contributed by atoms with van der Waals surface area (Å²) >= 11 is 0. The zero-order valence-corrected chi connectivity index (χ0v) is 10.4. The average molecular weight is 234 g/mol. The molecule has 0 aromatic heterocycles. The number of carbonyl (C=O) groups is 1. The van der Waals surface area contributed by atoms with E-state index >= 15 is 0 Å². The Labute approximate surface area is 102 Å². The molecule has 3 heteroatoms. The molecule has 3 nitrogen and oxygen atoms in total. The standard InChI is InChI=1S/C14H18O3/c1-10-6-7-11(2)12(9-10)14(15)17-13-5-3-4-8-16-13/h6-7,9,13H,3-5,8H2,1-2H3. The molecule has 0 bridgehead atoms. The van der Waals surface area contributed by atoms with E-state index in [2.05, 4.69) is 0 Å². The molecule has 1 fully saturated rings. The van der Waals surface area contributed by atoms with Crippen LogP contribution in [0.15, 0.2) is 18.2 Å². The Bertz CT molecular complexity index is 406. The van der Waals surface area contributed by atoms with Crippen molar-refractivity contribution in [3.63, 3.8) is 0 Å². The molecule has 1 unspecified atom stereocenters. The van der Waals surface area contributed by atoms with Gasteiger partial charge in [-0.25, -0.2) is 4.79 Å².